The summed E-state index contributed by atoms with van der Waals surface area (Å²) in [4.78, 5) is 21.7. The Bertz CT molecular complexity index is 1420. The maximum Gasteiger partial charge on any atom is 0.358 e. The van der Waals surface area contributed by atoms with Crippen LogP contribution in [-0.4, -0.2) is 39.3 Å². The van der Waals surface area contributed by atoms with Crippen molar-refractivity contribution >= 4 is 17.3 Å². The van der Waals surface area contributed by atoms with E-state index >= 15 is 0 Å². The van der Waals surface area contributed by atoms with Gasteiger partial charge in [0.2, 0.25) is 5.88 Å². The molecule has 0 radical (unpaired) electrons. The number of anilines is 1. The van der Waals surface area contributed by atoms with Crippen molar-refractivity contribution in [3.05, 3.63) is 78.2 Å². The van der Waals surface area contributed by atoms with Crippen molar-refractivity contribution < 1.29 is 13.9 Å². The second kappa shape index (κ2) is 8.03. The second-order valence-corrected chi connectivity index (χ2v) is 7.27. The molecule has 1 amide bonds. The van der Waals surface area contributed by atoms with Crippen LogP contribution in [0, 0.1) is 6.92 Å². The molecule has 0 unspecified atom stereocenters. The predicted molar refractivity (Wildman–Crippen MR) is 117 cm³/mol. The van der Waals surface area contributed by atoms with Gasteiger partial charge in [-0.15, -0.1) is 9.48 Å². The number of amides is 1. The first-order valence-corrected chi connectivity index (χ1v) is 10.0. The van der Waals surface area contributed by atoms with E-state index < -0.39 is 0 Å². The topological polar surface area (TPSA) is 100 Å². The van der Waals surface area contributed by atoms with E-state index in [1.165, 1.54) is 0 Å². The van der Waals surface area contributed by atoms with E-state index in [4.69, 9.17) is 9.84 Å². The molecule has 0 saturated heterocycles. The minimum atomic E-state index is -0.272. The number of nitrogens with one attached hydrogen (secondary N) is 1. The summed E-state index contributed by atoms with van der Waals surface area (Å²) in [5.41, 5.74) is 4.46. The fourth-order valence-corrected chi connectivity index (χ4v) is 3.42. The van der Waals surface area contributed by atoms with Gasteiger partial charge in [0.15, 0.2) is 0 Å². The Kier molecular flexibility index (Phi) is 4.91. The number of benzene rings is 1. The first-order chi connectivity index (χ1) is 15.6. The third-order valence-electron chi connectivity index (χ3n) is 5.12. The molecular weight excluding hydrogens is 406 g/mol. The lowest BCUT2D eigenvalue weighted by Crippen LogP contribution is -2.38. The van der Waals surface area contributed by atoms with E-state index in [-0.39, 0.29) is 12.5 Å². The zero-order valence-corrected chi connectivity index (χ0v) is 17.6. The standard InChI is InChI=1S/C23H19N7O2/c1-15-4-7-17(8-5-15)30-20(12-19(28-30)16-6-9-21(32-2)25-13-16)27-23(31)18-14-26-29-11-3-10-24-22(18)29/h3-13H,14H2,1-2H3/p+1. The molecule has 0 bridgehead atoms. The Morgan fingerprint density at radius 3 is 2.75 bits per heavy atom. The number of methoxy groups -OCH3 is 1. The van der Waals surface area contributed by atoms with E-state index in [0.29, 0.717) is 28.4 Å². The van der Waals surface area contributed by atoms with E-state index in [1.807, 2.05) is 43.3 Å². The largest absolute Gasteiger partial charge is 0.481 e. The number of aromatic nitrogens is 5. The monoisotopic (exact) mass is 426 g/mol. The summed E-state index contributed by atoms with van der Waals surface area (Å²) in [6, 6.07) is 15.2. The molecule has 4 aromatic rings. The van der Waals surface area contributed by atoms with Gasteiger partial charge in [-0.2, -0.15) is 5.10 Å². The molecule has 158 valence electrons. The normalized spacial score (nSPS) is 12.2. The third kappa shape index (κ3) is 3.60. The Morgan fingerprint density at radius 2 is 2.00 bits per heavy atom. The van der Waals surface area contributed by atoms with Crippen molar-refractivity contribution in [1.82, 2.24) is 19.7 Å². The highest BCUT2D eigenvalue weighted by Crippen LogP contribution is 2.26. The molecule has 0 fully saturated rings. The third-order valence-corrected chi connectivity index (χ3v) is 5.12. The average Bonchev–Trinajstić information content (AvgIpc) is 3.44. The van der Waals surface area contributed by atoms with Crippen molar-refractivity contribution in [3.8, 4) is 22.8 Å². The van der Waals surface area contributed by atoms with Crippen LogP contribution in [0.15, 0.2) is 72.2 Å². The number of hydrogen-bond donors (Lipinski definition) is 1. The maximum atomic E-state index is 13.1. The van der Waals surface area contributed by atoms with Crippen LogP contribution in [-0.2, 0) is 4.79 Å². The number of ether oxygens (including phenoxy) is 1. The van der Waals surface area contributed by atoms with Crippen molar-refractivity contribution in [3.63, 3.8) is 0 Å². The summed E-state index contributed by atoms with van der Waals surface area (Å²) < 4.78 is 8.46. The average molecular weight is 426 g/mol. The first kappa shape index (κ1) is 19.6. The summed E-state index contributed by atoms with van der Waals surface area (Å²) in [6.07, 6.45) is 5.10. The van der Waals surface area contributed by atoms with Gasteiger partial charge in [0.25, 0.3) is 5.91 Å². The van der Waals surface area contributed by atoms with E-state index in [1.54, 1.807) is 46.9 Å². The van der Waals surface area contributed by atoms with Crippen LogP contribution in [0.25, 0.3) is 22.5 Å². The number of nitrogens with zero attached hydrogens (tertiary/aromatic N) is 6. The van der Waals surface area contributed by atoms with Crippen LogP contribution >= 0.6 is 0 Å². The molecule has 32 heavy (non-hydrogen) atoms. The summed E-state index contributed by atoms with van der Waals surface area (Å²) in [5, 5.41) is 12.0. The zero-order chi connectivity index (χ0) is 22.1. The summed E-state index contributed by atoms with van der Waals surface area (Å²) in [7, 11) is 1.57. The molecule has 0 aliphatic carbocycles. The van der Waals surface area contributed by atoms with Crippen molar-refractivity contribution in [2.75, 3.05) is 19.0 Å². The first-order valence-electron chi connectivity index (χ1n) is 10.0. The van der Waals surface area contributed by atoms with Crippen LogP contribution in [0.2, 0.25) is 0 Å². The number of fused-ring (bicyclic) bond motifs is 1. The molecule has 9 heteroatoms. The van der Waals surface area contributed by atoms with Gasteiger partial charge in [0, 0.05) is 30.0 Å². The number of carbonyl (C=O) groups excluding carboxylic acids is 1. The van der Waals surface area contributed by atoms with Gasteiger partial charge < -0.3 is 10.1 Å². The lowest BCUT2D eigenvalue weighted by atomic mass is 10.2. The fourth-order valence-electron chi connectivity index (χ4n) is 3.42. The number of carbonyl (C=O) groups is 1. The maximum absolute atomic E-state index is 13.1. The van der Waals surface area contributed by atoms with Crippen molar-refractivity contribution in [1.29, 1.82) is 0 Å². The molecule has 1 aromatic carbocycles. The minimum Gasteiger partial charge on any atom is -0.481 e. The highest BCUT2D eigenvalue weighted by Gasteiger charge is 2.24. The lowest BCUT2D eigenvalue weighted by Gasteiger charge is -2.08. The van der Waals surface area contributed by atoms with E-state index in [0.717, 1.165) is 16.8 Å². The van der Waals surface area contributed by atoms with Crippen LogP contribution in [0.1, 0.15) is 5.56 Å². The quantitative estimate of drug-likeness (QED) is 0.490. The molecular formula is C23H20N7O2+. The van der Waals surface area contributed by atoms with Gasteiger partial charge in [-0.3, -0.25) is 4.79 Å². The van der Waals surface area contributed by atoms with Crippen LogP contribution in [0.3, 0.4) is 0 Å². The molecule has 0 atom stereocenters. The fraction of sp³-hybridized carbons (Fsp3) is 0.130. The molecule has 0 spiro atoms. The molecule has 0 saturated carbocycles. The Hall–Kier alpha value is -4.40. The minimum absolute atomic E-state index is 0.261. The Morgan fingerprint density at radius 1 is 1.16 bits per heavy atom. The molecule has 1 N–H and O–H groups in total. The summed E-state index contributed by atoms with van der Waals surface area (Å²) in [5.74, 6) is 0.781. The van der Waals surface area contributed by atoms with Gasteiger partial charge in [-0.25, -0.2) is 9.67 Å². The summed E-state index contributed by atoms with van der Waals surface area (Å²) >= 11 is 0. The number of pyridine rings is 1. The van der Waals surface area contributed by atoms with Gasteiger partial charge in [-0.05, 0) is 30.1 Å². The smallest absolute Gasteiger partial charge is 0.358 e. The highest BCUT2D eigenvalue weighted by molar-refractivity contribution is 6.20. The molecule has 3 aromatic heterocycles. The van der Waals surface area contributed by atoms with Crippen LogP contribution < -0.4 is 19.9 Å². The van der Waals surface area contributed by atoms with Gasteiger partial charge >= 0.3 is 5.48 Å². The van der Waals surface area contributed by atoms with Crippen LogP contribution in [0.4, 0.5) is 5.82 Å². The lowest BCUT2D eigenvalue weighted by molar-refractivity contribution is -0.561. The Balaban J connectivity index is 1.55. The predicted octanol–water partition coefficient (Wildman–Crippen LogP) is 1.77. The second-order valence-electron chi connectivity index (χ2n) is 7.27. The van der Waals surface area contributed by atoms with Crippen molar-refractivity contribution in [2.24, 2.45) is 5.11 Å². The number of hydrogen-bond acceptors (Lipinski definition) is 6. The van der Waals surface area contributed by atoms with E-state index in [2.05, 4.69) is 20.4 Å². The molecule has 9 nitrogen and oxygen atoms in total. The van der Waals surface area contributed by atoms with Crippen molar-refractivity contribution in [2.45, 2.75) is 6.92 Å². The SMILES string of the molecule is COc1ccc(-c2cc(NC(=O)C3=c4nccc[n+]4=NC3)n(-c3ccc(C)cc3)n2)cn1. The zero-order valence-electron chi connectivity index (χ0n) is 17.6. The van der Waals surface area contributed by atoms with Gasteiger partial charge in [0.1, 0.15) is 30.3 Å². The van der Waals surface area contributed by atoms with E-state index in [9.17, 15) is 4.79 Å². The molecule has 1 aliphatic heterocycles. The number of rotatable bonds is 5. The highest BCUT2D eigenvalue weighted by atomic mass is 16.5. The van der Waals surface area contributed by atoms with Crippen LogP contribution in [0.5, 0.6) is 5.88 Å². The van der Waals surface area contributed by atoms with Gasteiger partial charge in [0.05, 0.1) is 18.5 Å². The van der Waals surface area contributed by atoms with Gasteiger partial charge in [-0.1, -0.05) is 17.7 Å². The Labute approximate surface area is 183 Å². The molecule has 1 aliphatic rings. The summed E-state index contributed by atoms with van der Waals surface area (Å²) in [6.45, 7) is 2.28. The molecule has 4 heterocycles. The molecule has 5 rings (SSSR count). The number of aryl methyl sites for hydroxylation is 1.